The Morgan fingerprint density at radius 2 is 2.05 bits per heavy atom. The van der Waals surface area contributed by atoms with E-state index in [2.05, 4.69) is 18.7 Å². The van der Waals surface area contributed by atoms with E-state index in [0.29, 0.717) is 6.04 Å². The van der Waals surface area contributed by atoms with Gasteiger partial charge in [-0.05, 0) is 32.8 Å². The number of nitrogens with two attached hydrogens (primary N) is 1. The van der Waals surface area contributed by atoms with Crippen LogP contribution in [0.25, 0.3) is 0 Å². The fraction of sp³-hybridized carbons (Fsp3) is 0.647. The zero-order valence-electron chi connectivity index (χ0n) is 13.3. The number of likely N-dealkylation sites (tertiary alicyclic amines) is 1. The molecular formula is C17H26N2O2. The molecule has 2 heterocycles. The molecule has 1 fully saturated rings. The van der Waals surface area contributed by atoms with Crippen molar-refractivity contribution in [3.63, 3.8) is 0 Å². The fourth-order valence-corrected chi connectivity index (χ4v) is 3.58. The summed E-state index contributed by atoms with van der Waals surface area (Å²) in [7, 11) is 1.68. The molecule has 4 heteroatoms. The van der Waals surface area contributed by atoms with E-state index in [1.807, 2.05) is 18.2 Å². The molecule has 1 aromatic rings. The van der Waals surface area contributed by atoms with Crippen LogP contribution in [0.4, 0.5) is 0 Å². The lowest BCUT2D eigenvalue weighted by Crippen LogP contribution is -2.52. The van der Waals surface area contributed by atoms with Gasteiger partial charge in [-0.25, -0.2) is 0 Å². The topological polar surface area (TPSA) is 47.7 Å². The molecule has 0 amide bonds. The van der Waals surface area contributed by atoms with E-state index in [-0.39, 0.29) is 11.6 Å². The Kier molecular flexibility index (Phi) is 3.84. The highest BCUT2D eigenvalue weighted by Gasteiger charge is 2.42. The normalized spacial score (nSPS) is 24.7. The van der Waals surface area contributed by atoms with Gasteiger partial charge in [0.25, 0.3) is 0 Å². The molecule has 0 aliphatic carbocycles. The van der Waals surface area contributed by atoms with E-state index < -0.39 is 0 Å². The van der Waals surface area contributed by atoms with E-state index in [0.717, 1.165) is 49.4 Å². The summed E-state index contributed by atoms with van der Waals surface area (Å²) in [6.07, 6.45) is 3.02. The first-order valence-electron chi connectivity index (χ1n) is 7.89. The number of ether oxygens (including phenoxy) is 2. The largest absolute Gasteiger partial charge is 0.497 e. The molecule has 0 radical (unpaired) electrons. The number of fused-ring (bicyclic) bond motifs is 1. The maximum Gasteiger partial charge on any atom is 0.128 e. The minimum Gasteiger partial charge on any atom is -0.497 e. The first-order chi connectivity index (χ1) is 10.0. The van der Waals surface area contributed by atoms with Gasteiger partial charge >= 0.3 is 0 Å². The summed E-state index contributed by atoms with van der Waals surface area (Å²) in [6, 6.07) is 6.64. The highest BCUT2D eigenvalue weighted by Crippen LogP contribution is 2.44. The Hall–Kier alpha value is -1.26. The lowest BCUT2D eigenvalue weighted by Gasteiger charge is -2.47. The van der Waals surface area contributed by atoms with Crippen LogP contribution in [0.3, 0.4) is 0 Å². The third-order valence-electron chi connectivity index (χ3n) is 4.98. The molecule has 2 N–H and O–H groups in total. The molecule has 1 spiro atoms. The molecule has 1 atom stereocenters. The van der Waals surface area contributed by atoms with Crippen molar-refractivity contribution in [2.24, 2.45) is 5.73 Å². The standard InChI is InChI=1S/C17H26N2O2/c1-12(2)19-8-6-17(7-9-19)11-15(18)14-5-4-13(20-3)10-16(14)21-17/h4-5,10,12,15H,6-9,11,18H2,1-3H3. The summed E-state index contributed by atoms with van der Waals surface area (Å²) >= 11 is 0. The summed E-state index contributed by atoms with van der Waals surface area (Å²) < 4.78 is 11.7. The molecular weight excluding hydrogens is 264 g/mol. The molecule has 0 saturated carbocycles. The van der Waals surface area contributed by atoms with E-state index in [1.165, 1.54) is 0 Å². The molecule has 116 valence electrons. The van der Waals surface area contributed by atoms with Crippen molar-refractivity contribution in [3.05, 3.63) is 23.8 Å². The van der Waals surface area contributed by atoms with Crippen molar-refractivity contribution in [2.45, 2.75) is 50.8 Å². The van der Waals surface area contributed by atoms with Crippen molar-refractivity contribution < 1.29 is 9.47 Å². The van der Waals surface area contributed by atoms with Crippen LogP contribution in [0, 0.1) is 0 Å². The average molecular weight is 290 g/mol. The van der Waals surface area contributed by atoms with Gasteiger partial charge in [-0.1, -0.05) is 6.07 Å². The van der Waals surface area contributed by atoms with Gasteiger partial charge in [-0.3, -0.25) is 0 Å². The Morgan fingerprint density at radius 1 is 1.33 bits per heavy atom. The Morgan fingerprint density at radius 3 is 2.67 bits per heavy atom. The van der Waals surface area contributed by atoms with Gasteiger partial charge in [0, 0.05) is 43.2 Å². The van der Waals surface area contributed by atoms with Gasteiger partial charge in [-0.15, -0.1) is 0 Å². The zero-order valence-corrected chi connectivity index (χ0v) is 13.3. The summed E-state index contributed by atoms with van der Waals surface area (Å²) in [6.45, 7) is 6.69. The lowest BCUT2D eigenvalue weighted by molar-refractivity contribution is -0.0280. The van der Waals surface area contributed by atoms with Crippen molar-refractivity contribution in [1.29, 1.82) is 0 Å². The second-order valence-corrected chi connectivity index (χ2v) is 6.63. The Bertz CT molecular complexity index is 508. The molecule has 1 aromatic carbocycles. The van der Waals surface area contributed by atoms with Crippen LogP contribution in [0.15, 0.2) is 18.2 Å². The third kappa shape index (κ3) is 2.74. The minimum absolute atomic E-state index is 0.0604. The Labute approximate surface area is 127 Å². The molecule has 1 unspecified atom stereocenters. The summed E-state index contributed by atoms with van der Waals surface area (Å²) in [5.74, 6) is 1.74. The van der Waals surface area contributed by atoms with Crippen LogP contribution in [0.1, 0.15) is 44.7 Å². The van der Waals surface area contributed by atoms with Gasteiger partial charge in [0.1, 0.15) is 17.1 Å². The number of rotatable bonds is 2. The summed E-state index contributed by atoms with van der Waals surface area (Å²) in [5.41, 5.74) is 7.41. The maximum atomic E-state index is 6.41. The van der Waals surface area contributed by atoms with Crippen molar-refractivity contribution in [3.8, 4) is 11.5 Å². The van der Waals surface area contributed by atoms with Crippen molar-refractivity contribution >= 4 is 0 Å². The summed E-state index contributed by atoms with van der Waals surface area (Å²) in [5, 5.41) is 0. The van der Waals surface area contributed by atoms with Crippen molar-refractivity contribution in [1.82, 2.24) is 4.90 Å². The molecule has 2 aliphatic rings. The number of benzene rings is 1. The molecule has 21 heavy (non-hydrogen) atoms. The van der Waals surface area contributed by atoms with Crippen LogP contribution in [0.5, 0.6) is 11.5 Å². The van der Waals surface area contributed by atoms with Crippen LogP contribution in [0.2, 0.25) is 0 Å². The maximum absolute atomic E-state index is 6.41. The van der Waals surface area contributed by atoms with Gasteiger partial charge in [0.2, 0.25) is 0 Å². The van der Waals surface area contributed by atoms with Crippen molar-refractivity contribution in [2.75, 3.05) is 20.2 Å². The third-order valence-corrected chi connectivity index (χ3v) is 4.98. The molecule has 0 aromatic heterocycles. The lowest BCUT2D eigenvalue weighted by atomic mass is 9.80. The number of hydrogen-bond acceptors (Lipinski definition) is 4. The first-order valence-corrected chi connectivity index (χ1v) is 7.89. The first kappa shape index (κ1) is 14.7. The van der Waals surface area contributed by atoms with Gasteiger partial charge in [0.15, 0.2) is 0 Å². The fourth-order valence-electron chi connectivity index (χ4n) is 3.58. The zero-order chi connectivity index (χ0) is 15.0. The average Bonchev–Trinajstić information content (AvgIpc) is 2.47. The highest BCUT2D eigenvalue weighted by molar-refractivity contribution is 5.44. The minimum atomic E-state index is -0.0931. The molecule has 2 aliphatic heterocycles. The monoisotopic (exact) mass is 290 g/mol. The van der Waals surface area contributed by atoms with Gasteiger partial charge in [-0.2, -0.15) is 0 Å². The SMILES string of the molecule is COc1ccc2c(c1)OC1(CCN(C(C)C)CC1)CC2N. The van der Waals surface area contributed by atoms with Crippen LogP contribution >= 0.6 is 0 Å². The second kappa shape index (κ2) is 5.50. The summed E-state index contributed by atoms with van der Waals surface area (Å²) in [4.78, 5) is 2.52. The number of methoxy groups -OCH3 is 1. The van der Waals surface area contributed by atoms with Crippen LogP contribution in [-0.2, 0) is 0 Å². The molecule has 3 rings (SSSR count). The molecule has 0 bridgehead atoms. The van der Waals surface area contributed by atoms with Gasteiger partial charge < -0.3 is 20.1 Å². The van der Waals surface area contributed by atoms with E-state index in [9.17, 15) is 0 Å². The number of nitrogens with zero attached hydrogens (tertiary/aromatic N) is 1. The van der Waals surface area contributed by atoms with E-state index in [4.69, 9.17) is 15.2 Å². The highest BCUT2D eigenvalue weighted by atomic mass is 16.5. The smallest absolute Gasteiger partial charge is 0.128 e. The van der Waals surface area contributed by atoms with Crippen LogP contribution in [-0.4, -0.2) is 36.7 Å². The van der Waals surface area contributed by atoms with E-state index >= 15 is 0 Å². The predicted molar refractivity (Wildman–Crippen MR) is 83.8 cm³/mol. The second-order valence-electron chi connectivity index (χ2n) is 6.63. The number of piperidine rings is 1. The molecule has 4 nitrogen and oxygen atoms in total. The quantitative estimate of drug-likeness (QED) is 0.910. The van der Waals surface area contributed by atoms with Gasteiger partial charge in [0.05, 0.1) is 7.11 Å². The van der Waals surface area contributed by atoms with E-state index in [1.54, 1.807) is 7.11 Å². The predicted octanol–water partition coefficient (Wildman–Crippen LogP) is 2.72. The number of hydrogen-bond donors (Lipinski definition) is 1. The Balaban J connectivity index is 1.81. The van der Waals surface area contributed by atoms with Crippen LogP contribution < -0.4 is 15.2 Å². The molecule has 1 saturated heterocycles.